The molecule has 120 valence electrons. The SMILES string of the molecule is CCCc1nc(N2CCCN(C)C[C@@H]2C)c2cnn(C)c2n1. The first kappa shape index (κ1) is 15.2. The lowest BCUT2D eigenvalue weighted by Crippen LogP contribution is -2.38. The molecule has 3 heterocycles. The minimum Gasteiger partial charge on any atom is -0.352 e. The highest BCUT2D eigenvalue weighted by molar-refractivity contribution is 5.87. The molecular weight excluding hydrogens is 276 g/mol. The Balaban J connectivity index is 2.07. The van der Waals surface area contributed by atoms with Crippen molar-refractivity contribution >= 4 is 16.9 Å². The maximum Gasteiger partial charge on any atom is 0.163 e. The first-order chi connectivity index (χ1) is 10.6. The summed E-state index contributed by atoms with van der Waals surface area (Å²) >= 11 is 0. The number of rotatable bonds is 3. The number of nitrogens with zero attached hydrogens (tertiary/aromatic N) is 6. The molecule has 0 amide bonds. The zero-order valence-electron chi connectivity index (χ0n) is 14.1. The van der Waals surface area contributed by atoms with Gasteiger partial charge in [0.15, 0.2) is 5.65 Å². The molecule has 0 bridgehead atoms. The molecule has 0 radical (unpaired) electrons. The van der Waals surface area contributed by atoms with Crippen LogP contribution in [0.25, 0.3) is 11.0 Å². The Bertz CT molecular complexity index is 649. The van der Waals surface area contributed by atoms with Gasteiger partial charge in [0.05, 0.1) is 11.6 Å². The summed E-state index contributed by atoms with van der Waals surface area (Å²) in [5.74, 6) is 1.99. The van der Waals surface area contributed by atoms with Crippen LogP contribution in [0.5, 0.6) is 0 Å². The monoisotopic (exact) mass is 302 g/mol. The van der Waals surface area contributed by atoms with E-state index in [2.05, 4.69) is 35.8 Å². The Morgan fingerprint density at radius 2 is 2.05 bits per heavy atom. The Hall–Kier alpha value is -1.69. The summed E-state index contributed by atoms with van der Waals surface area (Å²) in [7, 11) is 4.15. The molecule has 2 aromatic heterocycles. The van der Waals surface area contributed by atoms with Gasteiger partial charge in [-0.15, -0.1) is 0 Å². The molecule has 1 aliphatic rings. The van der Waals surface area contributed by atoms with Crippen LogP contribution in [-0.4, -0.2) is 57.4 Å². The van der Waals surface area contributed by atoms with Crippen LogP contribution >= 0.6 is 0 Å². The van der Waals surface area contributed by atoms with E-state index in [1.807, 2.05) is 17.9 Å². The quantitative estimate of drug-likeness (QED) is 0.866. The zero-order chi connectivity index (χ0) is 15.7. The normalized spacial score (nSPS) is 20.5. The summed E-state index contributed by atoms with van der Waals surface area (Å²) in [5.41, 5.74) is 0.943. The summed E-state index contributed by atoms with van der Waals surface area (Å²) < 4.78 is 1.86. The van der Waals surface area contributed by atoms with Crippen molar-refractivity contribution < 1.29 is 0 Å². The lowest BCUT2D eigenvalue weighted by Gasteiger charge is -2.29. The van der Waals surface area contributed by atoms with Gasteiger partial charge in [-0.1, -0.05) is 6.92 Å². The van der Waals surface area contributed by atoms with Gasteiger partial charge in [-0.05, 0) is 33.4 Å². The van der Waals surface area contributed by atoms with Crippen molar-refractivity contribution in [2.45, 2.75) is 39.2 Å². The lowest BCUT2D eigenvalue weighted by atomic mass is 10.2. The van der Waals surface area contributed by atoms with E-state index in [0.717, 1.165) is 61.6 Å². The van der Waals surface area contributed by atoms with Crippen molar-refractivity contribution in [3.8, 4) is 0 Å². The second-order valence-electron chi connectivity index (χ2n) is 6.38. The van der Waals surface area contributed by atoms with Crippen molar-refractivity contribution in [1.29, 1.82) is 0 Å². The molecule has 1 aliphatic heterocycles. The van der Waals surface area contributed by atoms with Crippen LogP contribution in [0.4, 0.5) is 5.82 Å². The van der Waals surface area contributed by atoms with Gasteiger partial charge < -0.3 is 9.80 Å². The fourth-order valence-corrected chi connectivity index (χ4v) is 3.29. The van der Waals surface area contributed by atoms with E-state index in [1.54, 1.807) is 0 Å². The second-order valence-corrected chi connectivity index (χ2v) is 6.38. The molecule has 0 N–H and O–H groups in total. The predicted octanol–water partition coefficient (Wildman–Crippen LogP) is 1.85. The number of fused-ring (bicyclic) bond motifs is 1. The van der Waals surface area contributed by atoms with Crippen LogP contribution in [0.2, 0.25) is 0 Å². The average molecular weight is 302 g/mol. The van der Waals surface area contributed by atoms with Crippen molar-refractivity contribution in [1.82, 2.24) is 24.6 Å². The minimum atomic E-state index is 0.445. The van der Waals surface area contributed by atoms with Gasteiger partial charge in [0.2, 0.25) is 0 Å². The molecule has 0 saturated carbocycles. The number of aryl methyl sites for hydroxylation is 2. The van der Waals surface area contributed by atoms with Crippen LogP contribution in [0.1, 0.15) is 32.5 Å². The smallest absolute Gasteiger partial charge is 0.163 e. The molecule has 1 atom stereocenters. The minimum absolute atomic E-state index is 0.445. The van der Waals surface area contributed by atoms with Crippen molar-refractivity contribution in [2.24, 2.45) is 7.05 Å². The summed E-state index contributed by atoms with van der Waals surface area (Å²) in [6.45, 7) is 7.70. The summed E-state index contributed by atoms with van der Waals surface area (Å²) in [6, 6.07) is 0.445. The van der Waals surface area contributed by atoms with Gasteiger partial charge in [0.1, 0.15) is 11.6 Å². The third kappa shape index (κ3) is 2.79. The largest absolute Gasteiger partial charge is 0.352 e. The summed E-state index contributed by atoms with van der Waals surface area (Å²) in [6.07, 6.45) is 5.04. The van der Waals surface area contributed by atoms with E-state index in [9.17, 15) is 0 Å². The van der Waals surface area contributed by atoms with Gasteiger partial charge in [0, 0.05) is 32.6 Å². The van der Waals surface area contributed by atoms with Crippen molar-refractivity contribution in [3.63, 3.8) is 0 Å². The maximum absolute atomic E-state index is 4.89. The third-order valence-electron chi connectivity index (χ3n) is 4.41. The Morgan fingerprint density at radius 1 is 1.23 bits per heavy atom. The highest BCUT2D eigenvalue weighted by atomic mass is 15.3. The maximum atomic E-state index is 4.89. The molecule has 0 aromatic carbocycles. The summed E-state index contributed by atoms with van der Waals surface area (Å²) in [5, 5.41) is 5.46. The molecule has 3 rings (SSSR count). The molecule has 0 aliphatic carbocycles. The number of likely N-dealkylation sites (N-methyl/N-ethyl adjacent to an activating group) is 1. The van der Waals surface area contributed by atoms with E-state index in [4.69, 9.17) is 9.97 Å². The van der Waals surface area contributed by atoms with E-state index < -0.39 is 0 Å². The first-order valence-corrected chi connectivity index (χ1v) is 8.24. The van der Waals surface area contributed by atoms with E-state index >= 15 is 0 Å². The van der Waals surface area contributed by atoms with Crippen LogP contribution < -0.4 is 4.90 Å². The lowest BCUT2D eigenvalue weighted by molar-refractivity contribution is 0.337. The third-order valence-corrected chi connectivity index (χ3v) is 4.41. The van der Waals surface area contributed by atoms with Crippen LogP contribution in [0.3, 0.4) is 0 Å². The fraction of sp³-hybridized carbons (Fsp3) is 0.688. The van der Waals surface area contributed by atoms with E-state index in [-0.39, 0.29) is 0 Å². The molecule has 22 heavy (non-hydrogen) atoms. The molecule has 6 heteroatoms. The molecule has 0 spiro atoms. The van der Waals surface area contributed by atoms with Gasteiger partial charge >= 0.3 is 0 Å². The van der Waals surface area contributed by atoms with E-state index in [1.165, 1.54) is 0 Å². The van der Waals surface area contributed by atoms with Crippen LogP contribution in [0, 0.1) is 0 Å². The van der Waals surface area contributed by atoms with Gasteiger partial charge in [-0.2, -0.15) is 5.10 Å². The Kier molecular flexibility index (Phi) is 4.29. The van der Waals surface area contributed by atoms with Gasteiger partial charge in [-0.25, -0.2) is 9.97 Å². The van der Waals surface area contributed by atoms with Crippen LogP contribution in [-0.2, 0) is 13.5 Å². The standard InChI is InChI=1S/C16H26N6/c1-5-7-14-18-15-13(10-17-21(15)4)16(19-14)22-9-6-8-20(3)11-12(22)2/h10,12H,5-9,11H2,1-4H3/t12-/m0/s1. The molecule has 0 unspecified atom stereocenters. The number of aromatic nitrogens is 4. The fourth-order valence-electron chi connectivity index (χ4n) is 3.29. The summed E-state index contributed by atoms with van der Waals surface area (Å²) in [4.78, 5) is 14.4. The van der Waals surface area contributed by atoms with Crippen molar-refractivity contribution in [2.75, 3.05) is 31.6 Å². The highest BCUT2D eigenvalue weighted by Crippen LogP contribution is 2.27. The molecule has 1 saturated heterocycles. The average Bonchev–Trinajstić information content (AvgIpc) is 2.75. The highest BCUT2D eigenvalue weighted by Gasteiger charge is 2.24. The Morgan fingerprint density at radius 3 is 2.82 bits per heavy atom. The zero-order valence-corrected chi connectivity index (χ0v) is 14.1. The second kappa shape index (κ2) is 6.20. The van der Waals surface area contributed by atoms with Crippen molar-refractivity contribution in [3.05, 3.63) is 12.0 Å². The Labute approximate surface area is 132 Å². The van der Waals surface area contributed by atoms with Gasteiger partial charge in [-0.3, -0.25) is 4.68 Å². The first-order valence-electron chi connectivity index (χ1n) is 8.24. The topological polar surface area (TPSA) is 50.1 Å². The molecule has 6 nitrogen and oxygen atoms in total. The molecule has 2 aromatic rings. The van der Waals surface area contributed by atoms with Crippen LogP contribution in [0.15, 0.2) is 6.20 Å². The number of anilines is 1. The number of hydrogen-bond donors (Lipinski definition) is 0. The van der Waals surface area contributed by atoms with Gasteiger partial charge in [0.25, 0.3) is 0 Å². The molecular formula is C16H26N6. The predicted molar refractivity (Wildman–Crippen MR) is 89.2 cm³/mol. The molecule has 1 fully saturated rings. The number of hydrogen-bond acceptors (Lipinski definition) is 5. The van der Waals surface area contributed by atoms with E-state index in [0.29, 0.717) is 6.04 Å².